The summed E-state index contributed by atoms with van der Waals surface area (Å²) in [4.78, 5) is 40.6. The van der Waals surface area contributed by atoms with Crippen LogP contribution in [0.2, 0.25) is 0 Å². The predicted octanol–water partition coefficient (Wildman–Crippen LogP) is 2.25. The lowest BCUT2D eigenvalue weighted by atomic mass is 10.1. The highest BCUT2D eigenvalue weighted by molar-refractivity contribution is 9.10. The summed E-state index contributed by atoms with van der Waals surface area (Å²) in [5.74, 6) is -0.106. The van der Waals surface area contributed by atoms with Gasteiger partial charge in [-0.05, 0) is 30.3 Å². The summed E-state index contributed by atoms with van der Waals surface area (Å²) in [7, 11) is 0. The first-order valence-corrected chi connectivity index (χ1v) is 10.3. The summed E-state index contributed by atoms with van der Waals surface area (Å²) in [6, 6.07) is 13.9. The second-order valence-corrected chi connectivity index (χ2v) is 7.79. The first kappa shape index (κ1) is 20.1. The molecule has 4 rings (SSSR count). The molecule has 154 valence electrons. The average Bonchev–Trinajstić information content (AvgIpc) is 3.30. The van der Waals surface area contributed by atoms with Crippen LogP contribution in [0.4, 0.5) is 0 Å². The molecule has 3 aromatic rings. The summed E-state index contributed by atoms with van der Waals surface area (Å²) in [6.45, 7) is 1.47. The van der Waals surface area contributed by atoms with Gasteiger partial charge in [0.2, 0.25) is 5.91 Å². The van der Waals surface area contributed by atoms with Gasteiger partial charge in [-0.25, -0.2) is 4.68 Å². The number of nitrogens with zero attached hydrogens (tertiary/aromatic N) is 4. The molecule has 30 heavy (non-hydrogen) atoms. The number of hydrogen-bond acceptors (Lipinski definition) is 5. The third kappa shape index (κ3) is 4.35. The number of halogens is 1. The van der Waals surface area contributed by atoms with Crippen LogP contribution in [0.15, 0.2) is 68.5 Å². The fourth-order valence-electron chi connectivity index (χ4n) is 3.28. The van der Waals surface area contributed by atoms with Crippen molar-refractivity contribution in [3.8, 4) is 11.3 Å². The second-order valence-electron chi connectivity index (χ2n) is 6.87. The minimum Gasteiger partial charge on any atom is -0.459 e. The number of rotatable bonds is 4. The quantitative estimate of drug-likeness (QED) is 0.583. The fourth-order valence-corrected chi connectivity index (χ4v) is 3.54. The van der Waals surface area contributed by atoms with Gasteiger partial charge >= 0.3 is 0 Å². The summed E-state index contributed by atoms with van der Waals surface area (Å²) in [5, 5.41) is 4.35. The van der Waals surface area contributed by atoms with Gasteiger partial charge in [-0.1, -0.05) is 28.1 Å². The Morgan fingerprint density at radius 1 is 0.967 bits per heavy atom. The summed E-state index contributed by atoms with van der Waals surface area (Å²) in [5.41, 5.74) is 1.13. The van der Waals surface area contributed by atoms with E-state index in [1.54, 1.807) is 28.0 Å². The van der Waals surface area contributed by atoms with Crippen molar-refractivity contribution in [2.75, 3.05) is 26.2 Å². The van der Waals surface area contributed by atoms with E-state index >= 15 is 0 Å². The molecule has 0 saturated carbocycles. The van der Waals surface area contributed by atoms with Crippen molar-refractivity contribution in [3.63, 3.8) is 0 Å². The molecule has 1 aliphatic rings. The van der Waals surface area contributed by atoms with Crippen LogP contribution in [0.5, 0.6) is 0 Å². The van der Waals surface area contributed by atoms with Crippen LogP contribution < -0.4 is 5.56 Å². The number of furan rings is 1. The molecule has 0 unspecified atom stereocenters. The Balaban J connectivity index is 1.41. The summed E-state index contributed by atoms with van der Waals surface area (Å²) >= 11 is 3.39. The molecule has 8 nitrogen and oxygen atoms in total. The molecule has 1 aromatic carbocycles. The van der Waals surface area contributed by atoms with Crippen molar-refractivity contribution in [1.29, 1.82) is 0 Å². The number of benzene rings is 1. The molecular formula is C21H19BrN4O4. The zero-order chi connectivity index (χ0) is 21.1. The highest BCUT2D eigenvalue weighted by atomic mass is 79.9. The van der Waals surface area contributed by atoms with Crippen LogP contribution >= 0.6 is 15.9 Å². The van der Waals surface area contributed by atoms with E-state index in [1.807, 2.05) is 24.3 Å². The van der Waals surface area contributed by atoms with Gasteiger partial charge in [-0.2, -0.15) is 5.10 Å². The molecule has 0 bridgehead atoms. The molecule has 0 aliphatic carbocycles. The van der Waals surface area contributed by atoms with Crippen molar-refractivity contribution in [2.24, 2.45) is 0 Å². The van der Waals surface area contributed by atoms with Crippen LogP contribution in [0.3, 0.4) is 0 Å². The molecule has 0 spiro atoms. The third-order valence-corrected chi connectivity index (χ3v) is 5.47. The van der Waals surface area contributed by atoms with E-state index in [4.69, 9.17) is 4.42 Å². The Labute approximate surface area is 180 Å². The largest absolute Gasteiger partial charge is 0.459 e. The van der Waals surface area contributed by atoms with Crippen molar-refractivity contribution < 1.29 is 14.0 Å². The van der Waals surface area contributed by atoms with E-state index in [2.05, 4.69) is 21.0 Å². The van der Waals surface area contributed by atoms with Gasteiger partial charge in [0, 0.05) is 42.3 Å². The number of piperazine rings is 1. The maximum atomic E-state index is 12.7. The lowest BCUT2D eigenvalue weighted by Crippen LogP contribution is -2.51. The van der Waals surface area contributed by atoms with Crippen LogP contribution in [-0.4, -0.2) is 57.6 Å². The van der Waals surface area contributed by atoms with E-state index in [0.717, 1.165) is 10.0 Å². The smallest absolute Gasteiger partial charge is 0.289 e. The molecule has 9 heteroatoms. The number of carbonyl (C=O) groups is 2. The molecule has 2 amide bonds. The zero-order valence-electron chi connectivity index (χ0n) is 16.0. The first-order chi connectivity index (χ1) is 14.5. The van der Waals surface area contributed by atoms with Crippen molar-refractivity contribution >= 4 is 27.7 Å². The van der Waals surface area contributed by atoms with Gasteiger partial charge in [-0.3, -0.25) is 14.4 Å². The number of carbonyl (C=O) groups excluding carboxylic acids is 2. The topological polar surface area (TPSA) is 88.7 Å². The fraction of sp³-hybridized carbons (Fsp3) is 0.238. The summed E-state index contributed by atoms with van der Waals surface area (Å²) < 4.78 is 7.27. The minimum absolute atomic E-state index is 0.144. The Bertz CT molecular complexity index is 1100. The maximum Gasteiger partial charge on any atom is 0.289 e. The highest BCUT2D eigenvalue weighted by Gasteiger charge is 2.26. The van der Waals surface area contributed by atoms with Crippen LogP contribution in [0, 0.1) is 0 Å². The minimum atomic E-state index is -0.337. The molecule has 0 atom stereocenters. The molecule has 1 saturated heterocycles. The van der Waals surface area contributed by atoms with E-state index < -0.39 is 0 Å². The van der Waals surface area contributed by atoms with Gasteiger partial charge in [0.05, 0.1) is 12.0 Å². The van der Waals surface area contributed by atoms with Gasteiger partial charge in [-0.15, -0.1) is 0 Å². The van der Waals surface area contributed by atoms with Gasteiger partial charge in [0.15, 0.2) is 5.76 Å². The molecule has 1 fully saturated rings. The van der Waals surface area contributed by atoms with E-state index in [1.165, 1.54) is 17.0 Å². The standard InChI is InChI=1S/C21H19BrN4O4/c22-16-5-3-15(4-6-16)17-7-8-19(27)26(23-17)14-20(28)24-9-11-25(12-10-24)21(29)18-2-1-13-30-18/h1-8,13H,9-12,14H2. The van der Waals surface area contributed by atoms with Crippen molar-refractivity contribution in [3.05, 3.63) is 75.4 Å². The van der Waals surface area contributed by atoms with E-state index in [-0.39, 0.29) is 29.7 Å². The number of amides is 2. The van der Waals surface area contributed by atoms with Crippen LogP contribution in [0.1, 0.15) is 10.6 Å². The van der Waals surface area contributed by atoms with Crippen LogP contribution in [0.25, 0.3) is 11.3 Å². The Morgan fingerprint density at radius 2 is 1.67 bits per heavy atom. The van der Waals surface area contributed by atoms with E-state index in [9.17, 15) is 14.4 Å². The number of aromatic nitrogens is 2. The maximum absolute atomic E-state index is 12.7. The van der Waals surface area contributed by atoms with Gasteiger partial charge in [0.25, 0.3) is 11.5 Å². The molecule has 1 aliphatic heterocycles. The summed E-state index contributed by atoms with van der Waals surface area (Å²) in [6.07, 6.45) is 1.46. The SMILES string of the molecule is O=C(Cn1nc(-c2ccc(Br)cc2)ccc1=O)N1CCN(C(=O)c2ccco2)CC1. The predicted molar refractivity (Wildman–Crippen MR) is 113 cm³/mol. The average molecular weight is 471 g/mol. The Kier molecular flexibility index (Phi) is 5.80. The zero-order valence-corrected chi connectivity index (χ0v) is 17.6. The molecule has 0 N–H and O–H groups in total. The lowest BCUT2D eigenvalue weighted by Gasteiger charge is -2.34. The molecular weight excluding hydrogens is 452 g/mol. The normalized spacial score (nSPS) is 14.0. The molecule has 2 aromatic heterocycles. The van der Waals surface area contributed by atoms with Crippen molar-refractivity contribution in [2.45, 2.75) is 6.54 Å². The molecule has 3 heterocycles. The monoisotopic (exact) mass is 470 g/mol. The first-order valence-electron chi connectivity index (χ1n) is 9.46. The Hall–Kier alpha value is -3.20. The van der Waals surface area contributed by atoms with Gasteiger partial charge < -0.3 is 14.2 Å². The van der Waals surface area contributed by atoms with E-state index in [0.29, 0.717) is 31.9 Å². The number of hydrogen-bond donors (Lipinski definition) is 0. The van der Waals surface area contributed by atoms with Gasteiger partial charge in [0.1, 0.15) is 6.54 Å². The van der Waals surface area contributed by atoms with Crippen LogP contribution in [-0.2, 0) is 11.3 Å². The highest BCUT2D eigenvalue weighted by Crippen LogP contribution is 2.19. The molecule has 0 radical (unpaired) electrons. The Morgan fingerprint density at radius 3 is 2.33 bits per heavy atom. The second kappa shape index (κ2) is 8.66. The third-order valence-electron chi connectivity index (χ3n) is 4.94. The van der Waals surface area contributed by atoms with Crippen molar-refractivity contribution in [1.82, 2.24) is 19.6 Å². The lowest BCUT2D eigenvalue weighted by molar-refractivity contribution is -0.133.